The van der Waals surface area contributed by atoms with Crippen LogP contribution in [0.15, 0.2) is 12.2 Å². The van der Waals surface area contributed by atoms with Gasteiger partial charge in [-0.1, -0.05) is 206 Å². The molecule has 0 fully saturated rings. The smallest absolute Gasteiger partial charge is 0.306 e. The van der Waals surface area contributed by atoms with Gasteiger partial charge in [0.1, 0.15) is 13.2 Å². The Labute approximate surface area is 329 Å². The fourth-order valence-corrected chi connectivity index (χ4v) is 6.72. The van der Waals surface area contributed by atoms with E-state index in [0.717, 1.165) is 77.0 Å². The molecular formula is C47H88O6. The molecule has 0 radical (unpaired) electrons. The first kappa shape index (κ1) is 51.1. The number of carbonyl (C=O) groups is 3. The lowest BCUT2D eigenvalue weighted by molar-refractivity contribution is -0.167. The Bertz CT molecular complexity index is 824. The van der Waals surface area contributed by atoms with Crippen molar-refractivity contribution in [2.45, 2.75) is 258 Å². The summed E-state index contributed by atoms with van der Waals surface area (Å²) < 4.78 is 16.7. The van der Waals surface area contributed by atoms with Gasteiger partial charge in [0.2, 0.25) is 0 Å². The quantitative estimate of drug-likeness (QED) is 0.0268. The highest BCUT2D eigenvalue weighted by Gasteiger charge is 2.19. The summed E-state index contributed by atoms with van der Waals surface area (Å²) in [6.45, 7) is 6.58. The number of rotatable bonds is 42. The lowest BCUT2D eigenvalue weighted by Gasteiger charge is -2.18. The Morgan fingerprint density at radius 2 is 0.642 bits per heavy atom. The van der Waals surface area contributed by atoms with Crippen LogP contribution in [-0.4, -0.2) is 37.2 Å². The summed E-state index contributed by atoms with van der Waals surface area (Å²) in [7, 11) is 0. The number of ether oxygens (including phenoxy) is 3. The third-order valence-corrected chi connectivity index (χ3v) is 10.3. The van der Waals surface area contributed by atoms with Crippen molar-refractivity contribution in [3.63, 3.8) is 0 Å². The maximum absolute atomic E-state index is 12.7. The second-order valence-corrected chi connectivity index (χ2v) is 15.7. The van der Waals surface area contributed by atoms with E-state index in [-0.39, 0.29) is 31.1 Å². The molecular weight excluding hydrogens is 661 g/mol. The van der Waals surface area contributed by atoms with Crippen LogP contribution in [0, 0.1) is 0 Å². The molecule has 0 heterocycles. The molecule has 6 heteroatoms. The average Bonchev–Trinajstić information content (AvgIpc) is 3.15. The Balaban J connectivity index is 4.27. The highest BCUT2D eigenvalue weighted by Crippen LogP contribution is 2.15. The molecule has 0 N–H and O–H groups in total. The topological polar surface area (TPSA) is 78.9 Å². The predicted molar refractivity (Wildman–Crippen MR) is 224 cm³/mol. The molecule has 0 rings (SSSR count). The Morgan fingerprint density at radius 3 is 1.00 bits per heavy atom. The van der Waals surface area contributed by atoms with Crippen LogP contribution in [-0.2, 0) is 28.6 Å². The number of esters is 3. The summed E-state index contributed by atoms with van der Waals surface area (Å²) in [5.74, 6) is -0.878. The van der Waals surface area contributed by atoms with E-state index in [1.54, 1.807) is 0 Å². The van der Waals surface area contributed by atoms with E-state index in [1.807, 2.05) is 0 Å². The molecule has 6 nitrogen and oxygen atoms in total. The first-order valence-electron chi connectivity index (χ1n) is 23.2. The van der Waals surface area contributed by atoms with Crippen LogP contribution >= 0.6 is 0 Å². The molecule has 0 spiro atoms. The van der Waals surface area contributed by atoms with Crippen molar-refractivity contribution in [2.75, 3.05) is 13.2 Å². The minimum atomic E-state index is -0.766. The normalized spacial score (nSPS) is 12.0. The Morgan fingerprint density at radius 1 is 0.358 bits per heavy atom. The number of carbonyl (C=O) groups excluding carboxylic acids is 3. The second-order valence-electron chi connectivity index (χ2n) is 15.7. The van der Waals surface area contributed by atoms with Gasteiger partial charge in [-0.2, -0.15) is 0 Å². The lowest BCUT2D eigenvalue weighted by atomic mass is 10.0. The standard InChI is InChI=1S/C47H88O6/c1-4-7-10-13-16-19-21-22-23-24-25-26-29-31-34-37-40-46(49)52-43-44(42-51-45(48)39-36-33-30-27-18-15-12-9-6-3)53-47(50)41-38-35-32-28-20-17-14-11-8-5-2/h14,17,44H,4-13,15-16,18-43H2,1-3H3/b17-14-. The van der Waals surface area contributed by atoms with Gasteiger partial charge >= 0.3 is 17.9 Å². The molecule has 312 valence electrons. The summed E-state index contributed by atoms with van der Waals surface area (Å²) in [5, 5.41) is 0. The molecule has 0 saturated carbocycles. The molecule has 0 amide bonds. The van der Waals surface area contributed by atoms with Crippen LogP contribution in [0.2, 0.25) is 0 Å². The van der Waals surface area contributed by atoms with Gasteiger partial charge in [-0.25, -0.2) is 0 Å². The molecule has 0 aromatic rings. The third kappa shape index (κ3) is 41.2. The summed E-state index contributed by atoms with van der Waals surface area (Å²) in [5.41, 5.74) is 0. The summed E-state index contributed by atoms with van der Waals surface area (Å²) >= 11 is 0. The van der Waals surface area contributed by atoms with Crippen LogP contribution in [0.25, 0.3) is 0 Å². The van der Waals surface area contributed by atoms with Gasteiger partial charge in [0.15, 0.2) is 6.10 Å². The second kappa shape index (κ2) is 42.9. The van der Waals surface area contributed by atoms with Gasteiger partial charge < -0.3 is 14.2 Å². The van der Waals surface area contributed by atoms with E-state index in [1.165, 1.54) is 135 Å². The van der Waals surface area contributed by atoms with E-state index in [0.29, 0.717) is 19.3 Å². The SMILES string of the molecule is CCCC/C=C\CCCCCCC(=O)OC(COC(=O)CCCCCCCCCCC)COC(=O)CCCCCCCCCCCCCCCCCC. The van der Waals surface area contributed by atoms with Crippen LogP contribution in [0.4, 0.5) is 0 Å². The van der Waals surface area contributed by atoms with Crippen molar-refractivity contribution >= 4 is 17.9 Å². The molecule has 1 atom stereocenters. The van der Waals surface area contributed by atoms with E-state index in [2.05, 4.69) is 32.9 Å². The van der Waals surface area contributed by atoms with E-state index < -0.39 is 6.10 Å². The number of hydrogen-bond acceptors (Lipinski definition) is 6. The van der Waals surface area contributed by atoms with Crippen LogP contribution in [0.1, 0.15) is 252 Å². The molecule has 0 aliphatic carbocycles. The molecule has 0 aromatic heterocycles. The first-order chi connectivity index (χ1) is 26.0. The van der Waals surface area contributed by atoms with Crippen molar-refractivity contribution in [3.05, 3.63) is 12.2 Å². The van der Waals surface area contributed by atoms with Gasteiger partial charge in [-0.15, -0.1) is 0 Å². The lowest BCUT2D eigenvalue weighted by Crippen LogP contribution is -2.30. The van der Waals surface area contributed by atoms with Crippen LogP contribution < -0.4 is 0 Å². The third-order valence-electron chi connectivity index (χ3n) is 10.3. The average molecular weight is 749 g/mol. The fourth-order valence-electron chi connectivity index (χ4n) is 6.72. The van der Waals surface area contributed by atoms with Crippen molar-refractivity contribution in [2.24, 2.45) is 0 Å². The van der Waals surface area contributed by atoms with Gasteiger partial charge in [-0.05, 0) is 38.5 Å². The Kier molecular flexibility index (Phi) is 41.4. The highest BCUT2D eigenvalue weighted by atomic mass is 16.6. The number of unbranched alkanes of at least 4 members (excludes halogenated alkanes) is 29. The summed E-state index contributed by atoms with van der Waals surface area (Å²) in [6, 6.07) is 0. The minimum Gasteiger partial charge on any atom is -0.462 e. The molecule has 0 aliphatic rings. The van der Waals surface area contributed by atoms with Crippen molar-refractivity contribution in [1.82, 2.24) is 0 Å². The minimum absolute atomic E-state index is 0.0703. The largest absolute Gasteiger partial charge is 0.462 e. The van der Waals surface area contributed by atoms with Crippen molar-refractivity contribution < 1.29 is 28.6 Å². The molecule has 0 saturated heterocycles. The van der Waals surface area contributed by atoms with Gasteiger partial charge in [0.05, 0.1) is 0 Å². The summed E-state index contributed by atoms with van der Waals surface area (Å²) in [6.07, 6.45) is 44.8. The zero-order valence-corrected chi connectivity index (χ0v) is 35.6. The molecule has 0 aliphatic heterocycles. The van der Waals surface area contributed by atoms with E-state index >= 15 is 0 Å². The maximum Gasteiger partial charge on any atom is 0.306 e. The first-order valence-corrected chi connectivity index (χ1v) is 23.2. The number of hydrogen-bond donors (Lipinski definition) is 0. The van der Waals surface area contributed by atoms with Crippen LogP contribution in [0.3, 0.4) is 0 Å². The number of allylic oxidation sites excluding steroid dienone is 2. The van der Waals surface area contributed by atoms with E-state index in [4.69, 9.17) is 14.2 Å². The van der Waals surface area contributed by atoms with Gasteiger partial charge in [0.25, 0.3) is 0 Å². The molecule has 1 unspecified atom stereocenters. The fraction of sp³-hybridized carbons (Fsp3) is 0.894. The zero-order chi connectivity index (χ0) is 38.7. The van der Waals surface area contributed by atoms with Gasteiger partial charge in [-0.3, -0.25) is 14.4 Å². The Hall–Kier alpha value is -1.85. The van der Waals surface area contributed by atoms with Crippen molar-refractivity contribution in [3.8, 4) is 0 Å². The van der Waals surface area contributed by atoms with Crippen molar-refractivity contribution in [1.29, 1.82) is 0 Å². The molecule has 0 bridgehead atoms. The predicted octanol–water partition coefficient (Wildman–Crippen LogP) is 14.6. The zero-order valence-electron chi connectivity index (χ0n) is 35.6. The van der Waals surface area contributed by atoms with Gasteiger partial charge in [0, 0.05) is 19.3 Å². The monoisotopic (exact) mass is 749 g/mol. The maximum atomic E-state index is 12.7. The van der Waals surface area contributed by atoms with Crippen LogP contribution in [0.5, 0.6) is 0 Å². The highest BCUT2D eigenvalue weighted by molar-refractivity contribution is 5.71. The summed E-state index contributed by atoms with van der Waals surface area (Å²) in [4.78, 5) is 37.6. The molecule has 0 aromatic carbocycles. The molecule has 53 heavy (non-hydrogen) atoms. The van der Waals surface area contributed by atoms with E-state index in [9.17, 15) is 14.4 Å².